The van der Waals surface area contributed by atoms with E-state index >= 15 is 0 Å². The van der Waals surface area contributed by atoms with E-state index in [0.717, 1.165) is 22.5 Å². The Morgan fingerprint density at radius 3 is 2.68 bits per heavy atom. The second kappa shape index (κ2) is 6.62. The Labute approximate surface area is 123 Å². The minimum Gasteiger partial charge on any atom is -0.495 e. The average molecular weight is 328 g/mol. The SMILES string of the molecule is CCNC1CCC(c2ccc(OC)c(Br)c2OC)C1. The number of ether oxygens (including phenoxy) is 2. The highest BCUT2D eigenvalue weighted by molar-refractivity contribution is 9.10. The third-order valence-electron chi connectivity index (χ3n) is 3.88. The Balaban J connectivity index is 2.23. The molecule has 4 heteroatoms. The highest BCUT2D eigenvalue weighted by Crippen LogP contribution is 2.45. The van der Waals surface area contributed by atoms with E-state index in [2.05, 4.69) is 34.2 Å². The molecule has 0 amide bonds. The van der Waals surface area contributed by atoms with Crippen molar-refractivity contribution in [1.82, 2.24) is 5.32 Å². The van der Waals surface area contributed by atoms with Crippen LogP contribution in [0.25, 0.3) is 0 Å². The van der Waals surface area contributed by atoms with Crippen LogP contribution in [0.2, 0.25) is 0 Å². The summed E-state index contributed by atoms with van der Waals surface area (Å²) in [4.78, 5) is 0. The van der Waals surface area contributed by atoms with Gasteiger partial charge in [-0.2, -0.15) is 0 Å². The average Bonchev–Trinajstić information content (AvgIpc) is 2.87. The Hall–Kier alpha value is -0.740. The van der Waals surface area contributed by atoms with Crippen molar-refractivity contribution in [2.75, 3.05) is 20.8 Å². The lowest BCUT2D eigenvalue weighted by atomic mass is 9.96. The second-order valence-electron chi connectivity index (χ2n) is 4.97. The van der Waals surface area contributed by atoms with Gasteiger partial charge in [-0.3, -0.25) is 0 Å². The zero-order valence-electron chi connectivity index (χ0n) is 11.8. The summed E-state index contributed by atoms with van der Waals surface area (Å²) in [5.41, 5.74) is 1.29. The van der Waals surface area contributed by atoms with Crippen LogP contribution >= 0.6 is 15.9 Å². The van der Waals surface area contributed by atoms with Gasteiger partial charge in [0.05, 0.1) is 14.2 Å². The van der Waals surface area contributed by atoms with Crippen molar-refractivity contribution in [2.24, 2.45) is 0 Å². The first-order chi connectivity index (χ1) is 9.21. The lowest BCUT2D eigenvalue weighted by molar-refractivity contribution is 0.383. The van der Waals surface area contributed by atoms with Gasteiger partial charge in [-0.25, -0.2) is 0 Å². The quantitative estimate of drug-likeness (QED) is 0.894. The summed E-state index contributed by atoms with van der Waals surface area (Å²) in [5, 5.41) is 3.54. The van der Waals surface area contributed by atoms with Crippen LogP contribution in [0.3, 0.4) is 0 Å². The molecule has 1 aliphatic rings. The number of nitrogens with one attached hydrogen (secondary N) is 1. The maximum absolute atomic E-state index is 5.58. The maximum Gasteiger partial charge on any atom is 0.140 e. The molecule has 0 aliphatic heterocycles. The van der Waals surface area contributed by atoms with Gasteiger partial charge in [-0.1, -0.05) is 13.0 Å². The van der Waals surface area contributed by atoms with Gasteiger partial charge in [0, 0.05) is 6.04 Å². The Morgan fingerprint density at radius 1 is 1.26 bits per heavy atom. The molecule has 0 aromatic heterocycles. The summed E-state index contributed by atoms with van der Waals surface area (Å²) in [6.07, 6.45) is 3.64. The molecule has 106 valence electrons. The van der Waals surface area contributed by atoms with Gasteiger partial charge in [0.2, 0.25) is 0 Å². The summed E-state index contributed by atoms with van der Waals surface area (Å²) in [6, 6.07) is 4.80. The Kier molecular flexibility index (Phi) is 5.11. The molecule has 1 N–H and O–H groups in total. The molecule has 1 aromatic rings. The maximum atomic E-state index is 5.58. The number of halogens is 1. The minimum atomic E-state index is 0.571. The molecular weight excluding hydrogens is 306 g/mol. The fourth-order valence-corrected chi connectivity index (χ4v) is 3.66. The molecule has 19 heavy (non-hydrogen) atoms. The Bertz CT molecular complexity index is 436. The number of methoxy groups -OCH3 is 2. The second-order valence-corrected chi connectivity index (χ2v) is 5.76. The van der Waals surface area contributed by atoms with E-state index in [1.54, 1.807) is 14.2 Å². The van der Waals surface area contributed by atoms with E-state index in [1.165, 1.54) is 24.8 Å². The van der Waals surface area contributed by atoms with Crippen molar-refractivity contribution in [1.29, 1.82) is 0 Å². The highest BCUT2D eigenvalue weighted by Gasteiger charge is 2.28. The van der Waals surface area contributed by atoms with Gasteiger partial charge in [-0.15, -0.1) is 0 Å². The lowest BCUT2D eigenvalue weighted by Crippen LogP contribution is -2.25. The number of hydrogen-bond donors (Lipinski definition) is 1. The van der Waals surface area contributed by atoms with Crippen molar-refractivity contribution in [3.05, 3.63) is 22.2 Å². The highest BCUT2D eigenvalue weighted by atomic mass is 79.9. The van der Waals surface area contributed by atoms with Crippen LogP contribution < -0.4 is 14.8 Å². The standard InChI is InChI=1S/C15H22BrNO2/c1-4-17-11-6-5-10(9-11)12-7-8-13(18-2)14(16)15(12)19-3/h7-8,10-11,17H,4-6,9H2,1-3H3. The van der Waals surface area contributed by atoms with E-state index in [-0.39, 0.29) is 0 Å². The normalized spacial score (nSPS) is 22.5. The van der Waals surface area contributed by atoms with Crippen LogP contribution in [-0.4, -0.2) is 26.8 Å². The van der Waals surface area contributed by atoms with Crippen LogP contribution in [-0.2, 0) is 0 Å². The molecule has 2 rings (SSSR count). The molecule has 1 fully saturated rings. The summed E-state index contributed by atoms with van der Waals surface area (Å²) in [5.74, 6) is 2.31. The zero-order valence-corrected chi connectivity index (χ0v) is 13.4. The van der Waals surface area contributed by atoms with Gasteiger partial charge in [0.15, 0.2) is 0 Å². The fraction of sp³-hybridized carbons (Fsp3) is 0.600. The number of hydrogen-bond acceptors (Lipinski definition) is 3. The number of rotatable bonds is 5. The molecule has 1 aliphatic carbocycles. The minimum absolute atomic E-state index is 0.571. The summed E-state index contributed by atoms with van der Waals surface area (Å²) in [6.45, 7) is 3.21. The first kappa shape index (κ1) is 14.7. The first-order valence-electron chi connectivity index (χ1n) is 6.85. The van der Waals surface area contributed by atoms with E-state index in [1.807, 2.05) is 6.07 Å². The van der Waals surface area contributed by atoms with Gasteiger partial charge in [-0.05, 0) is 59.3 Å². The largest absolute Gasteiger partial charge is 0.495 e. The van der Waals surface area contributed by atoms with E-state index in [0.29, 0.717) is 12.0 Å². The Morgan fingerprint density at radius 2 is 2.05 bits per heavy atom. The molecule has 0 spiro atoms. The summed E-state index contributed by atoms with van der Waals surface area (Å²) >= 11 is 3.58. The molecule has 1 saturated carbocycles. The first-order valence-corrected chi connectivity index (χ1v) is 7.64. The third kappa shape index (κ3) is 3.06. The molecule has 0 heterocycles. The molecule has 2 atom stereocenters. The molecular formula is C15H22BrNO2. The smallest absolute Gasteiger partial charge is 0.140 e. The van der Waals surface area contributed by atoms with E-state index in [9.17, 15) is 0 Å². The van der Waals surface area contributed by atoms with Crippen LogP contribution in [0.5, 0.6) is 11.5 Å². The van der Waals surface area contributed by atoms with Crippen molar-refractivity contribution in [3.63, 3.8) is 0 Å². The van der Waals surface area contributed by atoms with Gasteiger partial charge in [0.1, 0.15) is 16.0 Å². The predicted octanol–water partition coefficient (Wildman–Crippen LogP) is 3.71. The predicted molar refractivity (Wildman–Crippen MR) is 81.3 cm³/mol. The summed E-state index contributed by atoms with van der Waals surface area (Å²) in [7, 11) is 3.40. The molecule has 0 bridgehead atoms. The van der Waals surface area contributed by atoms with Crippen LogP contribution in [0.4, 0.5) is 0 Å². The molecule has 1 aromatic carbocycles. The van der Waals surface area contributed by atoms with Crippen molar-refractivity contribution in [3.8, 4) is 11.5 Å². The van der Waals surface area contributed by atoms with Gasteiger partial charge >= 0.3 is 0 Å². The van der Waals surface area contributed by atoms with Crippen LogP contribution in [0.1, 0.15) is 37.7 Å². The monoisotopic (exact) mass is 327 g/mol. The topological polar surface area (TPSA) is 30.5 Å². The van der Waals surface area contributed by atoms with Gasteiger partial charge in [0.25, 0.3) is 0 Å². The zero-order chi connectivity index (χ0) is 13.8. The van der Waals surface area contributed by atoms with Crippen molar-refractivity contribution in [2.45, 2.75) is 38.1 Å². The van der Waals surface area contributed by atoms with E-state index in [4.69, 9.17) is 9.47 Å². The molecule has 0 saturated heterocycles. The van der Waals surface area contributed by atoms with E-state index < -0.39 is 0 Å². The number of benzene rings is 1. The van der Waals surface area contributed by atoms with Crippen LogP contribution in [0.15, 0.2) is 16.6 Å². The lowest BCUT2D eigenvalue weighted by Gasteiger charge is -2.18. The van der Waals surface area contributed by atoms with Crippen LogP contribution in [0, 0.1) is 0 Å². The molecule has 3 nitrogen and oxygen atoms in total. The van der Waals surface area contributed by atoms with Crippen molar-refractivity contribution >= 4 is 15.9 Å². The fourth-order valence-electron chi connectivity index (χ4n) is 2.98. The summed E-state index contributed by atoms with van der Waals surface area (Å²) < 4.78 is 11.8. The van der Waals surface area contributed by atoms with Gasteiger partial charge < -0.3 is 14.8 Å². The molecule has 0 radical (unpaired) electrons. The van der Waals surface area contributed by atoms with Crippen molar-refractivity contribution < 1.29 is 9.47 Å². The third-order valence-corrected chi connectivity index (χ3v) is 4.63. The molecule has 2 unspecified atom stereocenters.